The highest BCUT2D eigenvalue weighted by atomic mass is 19.1. The van der Waals surface area contributed by atoms with Gasteiger partial charge in [0.15, 0.2) is 0 Å². The first-order valence-corrected chi connectivity index (χ1v) is 11.0. The van der Waals surface area contributed by atoms with Gasteiger partial charge in [-0.3, -0.25) is 9.48 Å². The largest absolute Gasteiger partial charge is 0.337 e. The van der Waals surface area contributed by atoms with Gasteiger partial charge in [-0.1, -0.05) is 12.1 Å². The number of aromatic nitrogens is 4. The monoisotopic (exact) mass is 447 g/mol. The molecule has 1 atom stereocenters. The third-order valence-corrected chi connectivity index (χ3v) is 5.79. The van der Waals surface area contributed by atoms with Crippen LogP contribution in [0.3, 0.4) is 0 Å². The van der Waals surface area contributed by atoms with Crippen LogP contribution in [0.2, 0.25) is 0 Å². The second kappa shape index (κ2) is 9.77. The van der Waals surface area contributed by atoms with Crippen LogP contribution in [0, 0.1) is 18.3 Å². The van der Waals surface area contributed by atoms with Crippen LogP contribution in [0.1, 0.15) is 54.6 Å². The fraction of sp³-hybridized carbons (Fsp3) is 0.375. The number of halogens is 1. The normalized spacial score (nSPS) is 18.8. The molecule has 0 aliphatic heterocycles. The summed E-state index contributed by atoms with van der Waals surface area (Å²) < 4.78 is 15.3. The molecule has 1 fully saturated rings. The summed E-state index contributed by atoms with van der Waals surface area (Å²) in [6.45, 7) is 3.55. The van der Waals surface area contributed by atoms with Crippen LogP contribution in [0.15, 0.2) is 42.9 Å². The molecule has 0 bridgehead atoms. The molecule has 8 nitrogen and oxygen atoms in total. The molecule has 0 spiro atoms. The van der Waals surface area contributed by atoms with E-state index in [4.69, 9.17) is 5.26 Å². The van der Waals surface area contributed by atoms with Crippen LogP contribution >= 0.6 is 0 Å². The van der Waals surface area contributed by atoms with Gasteiger partial charge in [-0.2, -0.15) is 10.4 Å². The lowest BCUT2D eigenvalue weighted by Crippen LogP contribution is -2.31. The smallest absolute Gasteiger partial charge is 0.252 e. The number of nitriles is 1. The summed E-state index contributed by atoms with van der Waals surface area (Å²) in [6, 6.07) is 8.70. The molecule has 1 aliphatic carbocycles. The first kappa shape index (κ1) is 22.4. The number of amides is 1. The third-order valence-electron chi connectivity index (χ3n) is 5.79. The molecule has 0 unspecified atom stereocenters. The zero-order valence-electron chi connectivity index (χ0n) is 18.6. The molecule has 170 valence electrons. The van der Waals surface area contributed by atoms with E-state index in [1.807, 2.05) is 36.0 Å². The van der Waals surface area contributed by atoms with Crippen LogP contribution in [-0.2, 0) is 0 Å². The number of nitrogens with one attached hydrogen (secondary N) is 2. The molecule has 2 N–H and O–H groups in total. The van der Waals surface area contributed by atoms with Crippen molar-refractivity contribution in [3.8, 4) is 17.3 Å². The number of hydrogen-bond acceptors (Lipinski definition) is 6. The van der Waals surface area contributed by atoms with Crippen molar-refractivity contribution in [3.63, 3.8) is 0 Å². The Kier molecular flexibility index (Phi) is 6.63. The van der Waals surface area contributed by atoms with E-state index in [1.54, 1.807) is 31.5 Å². The maximum atomic E-state index is 13.4. The van der Waals surface area contributed by atoms with E-state index in [-0.39, 0.29) is 11.9 Å². The summed E-state index contributed by atoms with van der Waals surface area (Å²) >= 11 is 0. The molecule has 1 aromatic carbocycles. The lowest BCUT2D eigenvalue weighted by Gasteiger charge is -2.24. The zero-order chi connectivity index (χ0) is 23.4. The molecule has 2 aromatic heterocycles. The fourth-order valence-electron chi connectivity index (χ4n) is 3.92. The first-order chi connectivity index (χ1) is 15.9. The molecule has 1 saturated carbocycles. The predicted molar refractivity (Wildman–Crippen MR) is 123 cm³/mol. The van der Waals surface area contributed by atoms with Crippen molar-refractivity contribution in [2.24, 2.45) is 0 Å². The van der Waals surface area contributed by atoms with Gasteiger partial charge in [0.05, 0.1) is 29.7 Å². The van der Waals surface area contributed by atoms with E-state index in [1.165, 1.54) is 0 Å². The number of benzene rings is 1. The van der Waals surface area contributed by atoms with Gasteiger partial charge in [0.1, 0.15) is 12.2 Å². The molecule has 4 rings (SSSR count). The van der Waals surface area contributed by atoms with E-state index in [0.29, 0.717) is 24.4 Å². The Labute approximate surface area is 191 Å². The highest BCUT2D eigenvalue weighted by molar-refractivity contribution is 5.95. The summed E-state index contributed by atoms with van der Waals surface area (Å²) in [5, 5.41) is 19.1. The minimum atomic E-state index is -0.696. The Balaban J connectivity index is 1.47. The minimum absolute atomic E-state index is 0.217. The number of aryl methyl sites for hydroxylation is 1. The quantitative estimate of drug-likeness (QED) is 0.576. The number of anilines is 2. The molecule has 2 heterocycles. The van der Waals surface area contributed by atoms with Crippen molar-refractivity contribution in [2.75, 3.05) is 5.32 Å². The standard InChI is InChI=1S/C24H26FN7O/c1-15-12-27-24(30-20-13-28-32(14-20)21-9-7-19(25)8-10-21)31-22(15)17-3-5-18(6-4-17)23(33)29-16(2)11-26/h3-6,12-14,16,19,21H,7-10H2,1-2H3,(H,29,33)(H,27,30,31)/t16-,19?,21?/m0/s1. The summed E-state index contributed by atoms with van der Waals surface area (Å²) in [5.41, 5.74) is 3.74. The van der Waals surface area contributed by atoms with Gasteiger partial charge in [0.25, 0.3) is 5.91 Å². The summed E-state index contributed by atoms with van der Waals surface area (Å²) in [7, 11) is 0. The molecule has 33 heavy (non-hydrogen) atoms. The van der Waals surface area contributed by atoms with Gasteiger partial charge < -0.3 is 10.6 Å². The van der Waals surface area contributed by atoms with Crippen LogP contribution < -0.4 is 10.6 Å². The second-order valence-electron chi connectivity index (χ2n) is 8.37. The minimum Gasteiger partial charge on any atom is -0.337 e. The highest BCUT2D eigenvalue weighted by Gasteiger charge is 2.22. The van der Waals surface area contributed by atoms with Crippen molar-refractivity contribution >= 4 is 17.5 Å². The van der Waals surface area contributed by atoms with Crippen molar-refractivity contribution in [1.82, 2.24) is 25.1 Å². The van der Waals surface area contributed by atoms with E-state index in [9.17, 15) is 9.18 Å². The van der Waals surface area contributed by atoms with E-state index >= 15 is 0 Å². The molecular formula is C24H26FN7O. The Bertz CT molecular complexity index is 1160. The number of nitrogens with zero attached hydrogens (tertiary/aromatic N) is 5. The van der Waals surface area contributed by atoms with Crippen molar-refractivity contribution in [2.45, 2.75) is 57.8 Å². The van der Waals surface area contributed by atoms with Gasteiger partial charge in [-0.25, -0.2) is 14.4 Å². The Morgan fingerprint density at radius 1 is 1.21 bits per heavy atom. The van der Waals surface area contributed by atoms with Crippen LogP contribution in [0.25, 0.3) is 11.3 Å². The number of rotatable bonds is 6. The van der Waals surface area contributed by atoms with Gasteiger partial charge in [0, 0.05) is 23.5 Å². The molecule has 0 saturated heterocycles. The molecular weight excluding hydrogens is 421 g/mol. The lowest BCUT2D eigenvalue weighted by molar-refractivity contribution is 0.0948. The van der Waals surface area contributed by atoms with Crippen LogP contribution in [0.5, 0.6) is 0 Å². The maximum Gasteiger partial charge on any atom is 0.252 e. The summed E-state index contributed by atoms with van der Waals surface area (Å²) in [4.78, 5) is 21.2. The molecule has 9 heteroatoms. The SMILES string of the molecule is Cc1cnc(Nc2cnn(C3CCC(F)CC3)c2)nc1-c1ccc(C(=O)N[C@@H](C)C#N)cc1. The Hall–Kier alpha value is -3.80. The van der Waals surface area contributed by atoms with Gasteiger partial charge in [0.2, 0.25) is 5.95 Å². The van der Waals surface area contributed by atoms with E-state index < -0.39 is 12.2 Å². The second-order valence-corrected chi connectivity index (χ2v) is 8.37. The number of alkyl halides is 1. The topological polar surface area (TPSA) is 109 Å². The Morgan fingerprint density at radius 2 is 1.94 bits per heavy atom. The zero-order valence-corrected chi connectivity index (χ0v) is 18.6. The number of carbonyl (C=O) groups is 1. The predicted octanol–water partition coefficient (Wildman–Crippen LogP) is 4.49. The van der Waals surface area contributed by atoms with Crippen LogP contribution in [-0.4, -0.2) is 37.9 Å². The number of carbonyl (C=O) groups excluding carboxylic acids is 1. The third kappa shape index (κ3) is 5.34. The van der Waals surface area contributed by atoms with Gasteiger partial charge >= 0.3 is 0 Å². The van der Waals surface area contributed by atoms with E-state index in [2.05, 4.69) is 25.7 Å². The van der Waals surface area contributed by atoms with Crippen LogP contribution in [0.4, 0.5) is 16.0 Å². The van der Waals surface area contributed by atoms with Gasteiger partial charge in [-0.05, 0) is 57.2 Å². The van der Waals surface area contributed by atoms with Crippen molar-refractivity contribution < 1.29 is 9.18 Å². The molecule has 1 aliphatic rings. The van der Waals surface area contributed by atoms with E-state index in [0.717, 1.165) is 35.3 Å². The maximum absolute atomic E-state index is 13.4. The van der Waals surface area contributed by atoms with Gasteiger partial charge in [-0.15, -0.1) is 0 Å². The average molecular weight is 448 g/mol. The highest BCUT2D eigenvalue weighted by Crippen LogP contribution is 2.30. The summed E-state index contributed by atoms with van der Waals surface area (Å²) in [5.74, 6) is 0.140. The summed E-state index contributed by atoms with van der Waals surface area (Å²) in [6.07, 6.45) is 7.41. The average Bonchev–Trinajstić information content (AvgIpc) is 3.29. The number of hydrogen-bond donors (Lipinski definition) is 2. The first-order valence-electron chi connectivity index (χ1n) is 11.0. The molecule has 0 radical (unpaired) electrons. The fourth-order valence-corrected chi connectivity index (χ4v) is 3.92. The van der Waals surface area contributed by atoms with Crippen molar-refractivity contribution in [3.05, 3.63) is 54.0 Å². The molecule has 3 aromatic rings. The Morgan fingerprint density at radius 3 is 2.64 bits per heavy atom. The lowest BCUT2D eigenvalue weighted by atomic mass is 9.94. The molecule has 1 amide bonds. The van der Waals surface area contributed by atoms with Crippen molar-refractivity contribution in [1.29, 1.82) is 5.26 Å².